The number of nitrogens with zero attached hydrogens (tertiary/aromatic N) is 3. The summed E-state index contributed by atoms with van der Waals surface area (Å²) < 4.78 is 21.1. The van der Waals surface area contributed by atoms with Crippen molar-refractivity contribution in [2.45, 2.75) is 38.7 Å². The van der Waals surface area contributed by atoms with Crippen LogP contribution in [0.15, 0.2) is 66.9 Å². The van der Waals surface area contributed by atoms with Crippen LogP contribution in [0.4, 0.5) is 14.9 Å². The van der Waals surface area contributed by atoms with Gasteiger partial charge in [0.1, 0.15) is 17.3 Å². The van der Waals surface area contributed by atoms with Crippen molar-refractivity contribution in [3.63, 3.8) is 0 Å². The van der Waals surface area contributed by atoms with Gasteiger partial charge < -0.3 is 25.2 Å². The van der Waals surface area contributed by atoms with Crippen LogP contribution >= 0.6 is 0 Å². The highest BCUT2D eigenvalue weighted by atomic mass is 19.1. The Labute approximate surface area is 230 Å². The molecule has 4 aromatic rings. The standard InChI is InChI=1S/C30H31FN4O5/c1-19(2)17-30(39)10-12-34(13-11-30)29(38)33-22-15-26-25(27(16-22)40-24-8-6-21(31)7-9-24)18-32-35(26)23-5-3-4-20(14-23)28(36)37/h3-9,14-16,18-19,39H,10-13,17H2,1-2H3,(H,33,38)(H,36,37). The zero-order chi connectivity index (χ0) is 28.4. The number of carbonyl (C=O) groups is 2. The predicted octanol–water partition coefficient (Wildman–Crippen LogP) is 6.06. The third-order valence-corrected chi connectivity index (χ3v) is 7.05. The molecule has 0 saturated carbocycles. The van der Waals surface area contributed by atoms with E-state index in [0.717, 1.165) is 0 Å². The zero-order valence-electron chi connectivity index (χ0n) is 22.3. The van der Waals surface area contributed by atoms with Crippen molar-refractivity contribution in [1.82, 2.24) is 14.7 Å². The zero-order valence-corrected chi connectivity index (χ0v) is 22.3. The summed E-state index contributed by atoms with van der Waals surface area (Å²) in [5.41, 5.74) is 0.871. The van der Waals surface area contributed by atoms with E-state index in [4.69, 9.17) is 4.74 Å². The van der Waals surface area contributed by atoms with Crippen molar-refractivity contribution in [1.29, 1.82) is 0 Å². The van der Waals surface area contributed by atoms with Gasteiger partial charge in [0.05, 0.1) is 34.0 Å². The molecular formula is C30H31FN4O5. The number of aromatic carboxylic acids is 1. The maximum Gasteiger partial charge on any atom is 0.335 e. The number of fused-ring (bicyclic) bond motifs is 1. The lowest BCUT2D eigenvalue weighted by atomic mass is 9.84. The second-order valence-electron chi connectivity index (χ2n) is 10.6. The number of likely N-dealkylation sites (tertiary alicyclic amines) is 1. The Morgan fingerprint density at radius 3 is 2.50 bits per heavy atom. The van der Waals surface area contributed by atoms with Gasteiger partial charge in [-0.1, -0.05) is 19.9 Å². The quantitative estimate of drug-likeness (QED) is 0.259. The van der Waals surface area contributed by atoms with Crippen molar-refractivity contribution in [3.05, 3.63) is 78.2 Å². The van der Waals surface area contributed by atoms with Crippen LogP contribution in [0.1, 0.15) is 43.5 Å². The molecule has 3 aromatic carbocycles. The van der Waals surface area contributed by atoms with Crippen molar-refractivity contribution in [2.75, 3.05) is 18.4 Å². The molecule has 0 bridgehead atoms. The van der Waals surface area contributed by atoms with Gasteiger partial charge in [-0.2, -0.15) is 5.10 Å². The summed E-state index contributed by atoms with van der Waals surface area (Å²) in [6.45, 7) is 5.00. The summed E-state index contributed by atoms with van der Waals surface area (Å²) in [5.74, 6) is -0.324. The molecule has 3 N–H and O–H groups in total. The van der Waals surface area contributed by atoms with E-state index in [1.807, 2.05) is 0 Å². The molecule has 0 atom stereocenters. The van der Waals surface area contributed by atoms with Gasteiger partial charge in [-0.25, -0.2) is 18.7 Å². The molecule has 1 aliphatic heterocycles. The molecule has 5 rings (SSSR count). The number of hydrogen-bond acceptors (Lipinski definition) is 5. The Balaban J connectivity index is 1.47. The molecule has 1 fully saturated rings. The fourth-order valence-corrected chi connectivity index (χ4v) is 5.15. The predicted molar refractivity (Wildman–Crippen MR) is 149 cm³/mol. The second-order valence-corrected chi connectivity index (χ2v) is 10.6. The molecular weight excluding hydrogens is 515 g/mol. The summed E-state index contributed by atoms with van der Waals surface area (Å²) in [6.07, 6.45) is 3.29. The van der Waals surface area contributed by atoms with Crippen molar-refractivity contribution >= 4 is 28.6 Å². The first-order chi connectivity index (χ1) is 19.1. The van der Waals surface area contributed by atoms with E-state index in [-0.39, 0.29) is 11.6 Å². The first-order valence-electron chi connectivity index (χ1n) is 13.2. The van der Waals surface area contributed by atoms with Gasteiger partial charge in [0.15, 0.2) is 0 Å². The largest absolute Gasteiger partial charge is 0.478 e. The first kappa shape index (κ1) is 27.1. The van der Waals surface area contributed by atoms with Gasteiger partial charge in [0, 0.05) is 24.8 Å². The van der Waals surface area contributed by atoms with E-state index in [1.54, 1.807) is 40.0 Å². The average molecular weight is 547 g/mol. The van der Waals surface area contributed by atoms with Crippen LogP contribution in [-0.4, -0.2) is 55.6 Å². The number of halogens is 1. The second kappa shape index (κ2) is 11.0. The minimum atomic E-state index is -1.06. The van der Waals surface area contributed by atoms with Crippen LogP contribution in [0.2, 0.25) is 0 Å². The number of anilines is 1. The molecule has 0 spiro atoms. The molecule has 0 unspecified atom stereocenters. The molecule has 9 nitrogen and oxygen atoms in total. The Hall–Kier alpha value is -4.44. The minimum absolute atomic E-state index is 0.107. The SMILES string of the molecule is CC(C)CC1(O)CCN(C(=O)Nc2cc(Oc3ccc(F)cc3)c3cnn(-c4cccc(C(=O)O)c4)c3c2)CC1. The molecule has 40 heavy (non-hydrogen) atoms. The van der Waals surface area contributed by atoms with Crippen LogP contribution in [0, 0.1) is 11.7 Å². The lowest BCUT2D eigenvalue weighted by Gasteiger charge is -2.39. The van der Waals surface area contributed by atoms with Crippen LogP contribution in [-0.2, 0) is 0 Å². The van der Waals surface area contributed by atoms with Gasteiger partial charge in [-0.3, -0.25) is 0 Å². The number of benzene rings is 3. The number of piperidine rings is 1. The number of carbonyl (C=O) groups excluding carboxylic acids is 1. The fourth-order valence-electron chi connectivity index (χ4n) is 5.15. The average Bonchev–Trinajstić information content (AvgIpc) is 3.34. The monoisotopic (exact) mass is 546 g/mol. The number of rotatable bonds is 7. The van der Waals surface area contributed by atoms with E-state index in [2.05, 4.69) is 24.3 Å². The van der Waals surface area contributed by atoms with Crippen LogP contribution in [0.25, 0.3) is 16.6 Å². The highest BCUT2D eigenvalue weighted by Gasteiger charge is 2.34. The number of hydrogen-bond donors (Lipinski definition) is 3. The Morgan fingerprint density at radius 1 is 1.10 bits per heavy atom. The van der Waals surface area contributed by atoms with Crippen LogP contribution in [0.5, 0.6) is 11.5 Å². The van der Waals surface area contributed by atoms with Gasteiger partial charge in [-0.15, -0.1) is 0 Å². The number of carboxylic acid groups (broad SMARTS) is 1. The maximum atomic E-state index is 13.5. The molecule has 1 aromatic heterocycles. The summed E-state index contributed by atoms with van der Waals surface area (Å²) in [7, 11) is 0. The van der Waals surface area contributed by atoms with Gasteiger partial charge in [-0.05, 0) is 73.7 Å². The van der Waals surface area contributed by atoms with Crippen molar-refractivity contribution < 1.29 is 28.9 Å². The highest BCUT2D eigenvalue weighted by molar-refractivity contribution is 5.96. The first-order valence-corrected chi connectivity index (χ1v) is 13.2. The lowest BCUT2D eigenvalue weighted by Crippen LogP contribution is -2.48. The number of nitrogens with one attached hydrogen (secondary N) is 1. The maximum absolute atomic E-state index is 13.5. The van der Waals surface area contributed by atoms with Gasteiger partial charge in [0.2, 0.25) is 0 Å². The number of aliphatic hydroxyl groups is 1. The fraction of sp³-hybridized carbons (Fsp3) is 0.300. The minimum Gasteiger partial charge on any atom is -0.478 e. The summed E-state index contributed by atoms with van der Waals surface area (Å²) in [4.78, 5) is 26.4. The summed E-state index contributed by atoms with van der Waals surface area (Å²) in [5, 5.41) is 28.3. The number of carboxylic acids is 1. The lowest BCUT2D eigenvalue weighted by molar-refractivity contribution is -0.0268. The van der Waals surface area contributed by atoms with Crippen molar-refractivity contribution in [3.8, 4) is 17.2 Å². The molecule has 0 radical (unpaired) electrons. The smallest absolute Gasteiger partial charge is 0.335 e. The van der Waals surface area contributed by atoms with E-state index < -0.39 is 17.4 Å². The number of urea groups is 1. The normalized spacial score (nSPS) is 14.9. The van der Waals surface area contributed by atoms with E-state index in [1.165, 1.54) is 36.4 Å². The van der Waals surface area contributed by atoms with Crippen LogP contribution < -0.4 is 10.1 Å². The molecule has 0 aliphatic carbocycles. The van der Waals surface area contributed by atoms with E-state index >= 15 is 0 Å². The number of aromatic nitrogens is 2. The molecule has 208 valence electrons. The third-order valence-electron chi connectivity index (χ3n) is 7.05. The Kier molecular flexibility index (Phi) is 7.44. The van der Waals surface area contributed by atoms with Gasteiger partial charge >= 0.3 is 12.0 Å². The van der Waals surface area contributed by atoms with Crippen LogP contribution in [0.3, 0.4) is 0 Å². The summed E-state index contributed by atoms with van der Waals surface area (Å²) in [6, 6.07) is 15.0. The van der Waals surface area contributed by atoms with Crippen molar-refractivity contribution in [2.24, 2.45) is 5.92 Å². The molecule has 2 heterocycles. The number of ether oxygens (including phenoxy) is 1. The molecule has 1 saturated heterocycles. The Bertz CT molecular complexity index is 1540. The topological polar surface area (TPSA) is 117 Å². The molecule has 1 aliphatic rings. The van der Waals surface area contributed by atoms with E-state index in [9.17, 15) is 24.2 Å². The number of amides is 2. The molecule has 2 amide bonds. The molecule has 10 heteroatoms. The Morgan fingerprint density at radius 2 is 1.82 bits per heavy atom. The third kappa shape index (κ3) is 5.91. The van der Waals surface area contributed by atoms with E-state index in [0.29, 0.717) is 72.0 Å². The van der Waals surface area contributed by atoms with Gasteiger partial charge in [0.25, 0.3) is 0 Å². The summed E-state index contributed by atoms with van der Waals surface area (Å²) >= 11 is 0. The highest BCUT2D eigenvalue weighted by Crippen LogP contribution is 2.35.